The molecule has 1 amide bonds. The van der Waals surface area contributed by atoms with Crippen molar-refractivity contribution in [3.63, 3.8) is 0 Å². The molecule has 0 heterocycles. The Morgan fingerprint density at radius 2 is 1.70 bits per heavy atom. The summed E-state index contributed by atoms with van der Waals surface area (Å²) >= 11 is 0. The highest BCUT2D eigenvalue weighted by Crippen LogP contribution is 2.16. The number of rotatable bonds is 5. The van der Waals surface area contributed by atoms with Gasteiger partial charge in [0.25, 0.3) is 5.91 Å². The van der Waals surface area contributed by atoms with Crippen LogP contribution in [0.25, 0.3) is 0 Å². The van der Waals surface area contributed by atoms with Crippen molar-refractivity contribution in [2.24, 2.45) is 0 Å². The van der Waals surface area contributed by atoms with Crippen molar-refractivity contribution in [2.75, 3.05) is 0 Å². The van der Waals surface area contributed by atoms with E-state index in [1.807, 2.05) is 0 Å². The first-order valence-electron chi connectivity index (χ1n) is 7.18. The largest absolute Gasteiger partial charge is 0.348 e. The van der Waals surface area contributed by atoms with Gasteiger partial charge in [-0.2, -0.15) is 0 Å². The van der Waals surface area contributed by atoms with E-state index in [0.717, 1.165) is 0 Å². The molecular weight excluding hydrogens is 317 g/mol. The topological polar surface area (TPSA) is 63.2 Å². The standard InChI is InChI=1S/C17H18FNO3S/c1-12(2)23(21,22)15-9-7-13(8-10-15)17(20)19-11-14-5-3-4-6-16(14)18/h3-10,12H,11H2,1-2H3,(H,19,20). The van der Waals surface area contributed by atoms with E-state index in [1.165, 1.54) is 30.3 Å². The molecule has 0 aliphatic heterocycles. The fraction of sp³-hybridized carbons (Fsp3) is 0.235. The second kappa shape index (κ2) is 6.91. The molecule has 0 unspecified atom stereocenters. The Morgan fingerprint density at radius 3 is 2.26 bits per heavy atom. The van der Waals surface area contributed by atoms with Gasteiger partial charge in [0.1, 0.15) is 5.82 Å². The fourth-order valence-electron chi connectivity index (χ4n) is 1.99. The van der Waals surface area contributed by atoms with Gasteiger partial charge in [0.05, 0.1) is 10.1 Å². The summed E-state index contributed by atoms with van der Waals surface area (Å²) < 4.78 is 37.5. The minimum Gasteiger partial charge on any atom is -0.348 e. The van der Waals surface area contributed by atoms with Crippen LogP contribution in [-0.4, -0.2) is 19.6 Å². The van der Waals surface area contributed by atoms with Gasteiger partial charge < -0.3 is 5.32 Å². The van der Waals surface area contributed by atoms with E-state index in [9.17, 15) is 17.6 Å². The molecule has 0 aliphatic rings. The number of benzene rings is 2. The zero-order valence-corrected chi connectivity index (χ0v) is 13.7. The van der Waals surface area contributed by atoms with Gasteiger partial charge in [-0.1, -0.05) is 18.2 Å². The summed E-state index contributed by atoms with van der Waals surface area (Å²) in [4.78, 5) is 12.2. The summed E-state index contributed by atoms with van der Waals surface area (Å²) in [5, 5.41) is 2.08. The third-order valence-corrected chi connectivity index (χ3v) is 5.63. The Bertz CT molecular complexity index is 799. The van der Waals surface area contributed by atoms with E-state index in [1.54, 1.807) is 32.0 Å². The second-order valence-corrected chi connectivity index (χ2v) is 7.90. The maximum Gasteiger partial charge on any atom is 0.251 e. The summed E-state index contributed by atoms with van der Waals surface area (Å²) in [6.07, 6.45) is 0. The number of hydrogen-bond donors (Lipinski definition) is 1. The summed E-state index contributed by atoms with van der Waals surface area (Å²) in [6.45, 7) is 3.27. The van der Waals surface area contributed by atoms with Gasteiger partial charge in [0.2, 0.25) is 0 Å². The van der Waals surface area contributed by atoms with Crippen LogP contribution in [0.15, 0.2) is 53.4 Å². The number of hydrogen-bond acceptors (Lipinski definition) is 3. The highest BCUT2D eigenvalue weighted by atomic mass is 32.2. The van der Waals surface area contributed by atoms with Gasteiger partial charge in [-0.3, -0.25) is 4.79 Å². The predicted octanol–water partition coefficient (Wildman–Crippen LogP) is 2.94. The van der Waals surface area contributed by atoms with Crippen molar-refractivity contribution in [3.8, 4) is 0 Å². The van der Waals surface area contributed by atoms with Crippen molar-refractivity contribution in [2.45, 2.75) is 30.5 Å². The number of halogens is 1. The maximum absolute atomic E-state index is 13.5. The van der Waals surface area contributed by atoms with Crippen LogP contribution < -0.4 is 5.32 Å². The molecule has 1 N–H and O–H groups in total. The van der Waals surface area contributed by atoms with Crippen molar-refractivity contribution in [1.29, 1.82) is 0 Å². The molecule has 122 valence electrons. The Morgan fingerprint density at radius 1 is 1.09 bits per heavy atom. The number of amides is 1. The molecule has 0 bridgehead atoms. The molecule has 0 saturated carbocycles. The number of carbonyl (C=O) groups excluding carboxylic acids is 1. The quantitative estimate of drug-likeness (QED) is 0.914. The average molecular weight is 335 g/mol. The fourth-order valence-corrected chi connectivity index (χ4v) is 3.05. The predicted molar refractivity (Wildman–Crippen MR) is 86.3 cm³/mol. The summed E-state index contributed by atoms with van der Waals surface area (Å²) in [5.41, 5.74) is 0.712. The number of sulfone groups is 1. The van der Waals surface area contributed by atoms with Gasteiger partial charge >= 0.3 is 0 Å². The molecule has 0 spiro atoms. The molecule has 0 fully saturated rings. The van der Waals surface area contributed by atoms with Crippen molar-refractivity contribution < 1.29 is 17.6 Å². The molecule has 23 heavy (non-hydrogen) atoms. The van der Waals surface area contributed by atoms with Crippen LogP contribution in [0.2, 0.25) is 0 Å². The molecule has 6 heteroatoms. The molecule has 0 aromatic heterocycles. The van der Waals surface area contributed by atoms with Crippen LogP contribution in [0.5, 0.6) is 0 Å². The zero-order chi connectivity index (χ0) is 17.0. The molecule has 2 aromatic carbocycles. The van der Waals surface area contributed by atoms with Gasteiger partial charge in [0, 0.05) is 17.7 Å². The summed E-state index contributed by atoms with van der Waals surface area (Å²) in [7, 11) is -3.36. The van der Waals surface area contributed by atoms with Crippen LogP contribution in [0.4, 0.5) is 4.39 Å². The normalized spacial score (nSPS) is 11.5. The maximum atomic E-state index is 13.5. The van der Waals surface area contributed by atoms with Crippen LogP contribution in [0.3, 0.4) is 0 Å². The van der Waals surface area contributed by atoms with E-state index in [-0.39, 0.29) is 23.2 Å². The van der Waals surface area contributed by atoms with E-state index in [0.29, 0.717) is 11.1 Å². The van der Waals surface area contributed by atoms with Gasteiger partial charge in [0.15, 0.2) is 9.84 Å². The molecule has 0 radical (unpaired) electrons. The van der Waals surface area contributed by atoms with Crippen molar-refractivity contribution in [1.82, 2.24) is 5.32 Å². The molecule has 2 rings (SSSR count). The van der Waals surface area contributed by atoms with Gasteiger partial charge in [-0.05, 0) is 44.2 Å². The second-order valence-electron chi connectivity index (χ2n) is 5.39. The molecular formula is C17H18FNO3S. The lowest BCUT2D eigenvalue weighted by Gasteiger charge is -2.09. The first kappa shape index (κ1) is 17.1. The molecule has 0 atom stereocenters. The van der Waals surface area contributed by atoms with Gasteiger partial charge in [-0.15, -0.1) is 0 Å². The Hall–Kier alpha value is -2.21. The lowest BCUT2D eigenvalue weighted by Crippen LogP contribution is -2.23. The van der Waals surface area contributed by atoms with Gasteiger partial charge in [-0.25, -0.2) is 12.8 Å². The van der Waals surface area contributed by atoms with Crippen molar-refractivity contribution >= 4 is 15.7 Å². The first-order chi connectivity index (χ1) is 10.8. The van der Waals surface area contributed by atoms with E-state index < -0.39 is 15.1 Å². The Kier molecular flexibility index (Phi) is 5.15. The zero-order valence-electron chi connectivity index (χ0n) is 12.9. The lowest BCUT2D eigenvalue weighted by atomic mass is 10.2. The molecule has 0 saturated heterocycles. The monoisotopic (exact) mass is 335 g/mol. The van der Waals surface area contributed by atoms with E-state index >= 15 is 0 Å². The minimum atomic E-state index is -3.36. The summed E-state index contributed by atoms with van der Waals surface area (Å²) in [6, 6.07) is 11.9. The van der Waals surface area contributed by atoms with Crippen molar-refractivity contribution in [3.05, 3.63) is 65.5 Å². The van der Waals surface area contributed by atoms with Crippen LogP contribution in [-0.2, 0) is 16.4 Å². The number of carbonyl (C=O) groups is 1. The Labute approximate surface area is 135 Å². The molecule has 0 aliphatic carbocycles. The van der Waals surface area contributed by atoms with Crippen LogP contribution in [0, 0.1) is 5.82 Å². The average Bonchev–Trinajstić information content (AvgIpc) is 2.53. The first-order valence-corrected chi connectivity index (χ1v) is 8.72. The molecule has 4 nitrogen and oxygen atoms in total. The summed E-state index contributed by atoms with van der Waals surface area (Å²) in [5.74, 6) is -0.770. The SMILES string of the molecule is CC(C)S(=O)(=O)c1ccc(C(=O)NCc2ccccc2F)cc1. The highest BCUT2D eigenvalue weighted by Gasteiger charge is 2.19. The van der Waals surface area contributed by atoms with E-state index in [4.69, 9.17) is 0 Å². The lowest BCUT2D eigenvalue weighted by molar-refractivity contribution is 0.0950. The smallest absolute Gasteiger partial charge is 0.251 e. The van der Waals surface area contributed by atoms with Crippen LogP contribution in [0.1, 0.15) is 29.8 Å². The molecule has 2 aromatic rings. The third-order valence-electron chi connectivity index (χ3n) is 3.46. The third kappa shape index (κ3) is 3.96. The number of nitrogens with one attached hydrogen (secondary N) is 1. The van der Waals surface area contributed by atoms with Crippen LogP contribution >= 0.6 is 0 Å². The van der Waals surface area contributed by atoms with E-state index in [2.05, 4.69) is 5.32 Å². The Balaban J connectivity index is 2.08. The highest BCUT2D eigenvalue weighted by molar-refractivity contribution is 7.92. The minimum absolute atomic E-state index is 0.0670.